The van der Waals surface area contributed by atoms with E-state index in [-0.39, 0.29) is 0 Å². The zero-order chi connectivity index (χ0) is 51.4. The summed E-state index contributed by atoms with van der Waals surface area (Å²) in [6.45, 7) is 10.5. The molecule has 0 saturated carbocycles. The van der Waals surface area contributed by atoms with Crippen LogP contribution in [0.2, 0.25) is 0 Å². The van der Waals surface area contributed by atoms with E-state index >= 15 is 0 Å². The van der Waals surface area contributed by atoms with Gasteiger partial charge in [-0.3, -0.25) is 0 Å². The van der Waals surface area contributed by atoms with Crippen LogP contribution in [0.3, 0.4) is 0 Å². The first-order valence-corrected chi connectivity index (χ1v) is 26.4. The van der Waals surface area contributed by atoms with Gasteiger partial charge in [-0.2, -0.15) is 0 Å². The number of hydrogen-bond acceptors (Lipinski definition) is 5. The lowest BCUT2D eigenvalue weighted by atomic mass is 9.66. The fraction of sp³-hybridized carbons (Fsp3) is 0.130. The van der Waals surface area contributed by atoms with E-state index in [9.17, 15) is 0 Å². The van der Waals surface area contributed by atoms with Crippen LogP contribution >= 0.6 is 0 Å². The molecule has 1 spiro atoms. The molecule has 0 fully saturated rings. The summed E-state index contributed by atoms with van der Waals surface area (Å²) in [6, 6.07) is 75.8. The summed E-state index contributed by atoms with van der Waals surface area (Å²) >= 11 is 0. The highest BCUT2D eigenvalue weighted by molar-refractivity contribution is 6.11. The van der Waals surface area contributed by atoms with Gasteiger partial charge in [0.1, 0.15) is 23.0 Å². The summed E-state index contributed by atoms with van der Waals surface area (Å²) in [4.78, 5) is 4.81. The minimum atomic E-state index is -0.772. The molecule has 12 aromatic rings. The Morgan fingerprint density at radius 1 is 0.382 bits per heavy atom. The normalized spacial score (nSPS) is 12.9. The number of fused-ring (bicyclic) bond motifs is 15. The van der Waals surface area contributed by atoms with Crippen molar-refractivity contribution in [2.75, 3.05) is 24.0 Å². The van der Waals surface area contributed by atoms with E-state index in [1.165, 1.54) is 77.0 Å². The second-order valence-electron chi connectivity index (χ2n) is 20.3. The summed E-state index contributed by atoms with van der Waals surface area (Å²) in [5.41, 5.74) is 19.9. The number of aryl methyl sites for hydroxylation is 4. The number of para-hydroxylation sites is 2. The highest BCUT2D eigenvalue weighted by Gasteiger charge is 2.51. The quantitative estimate of drug-likeness (QED) is 0.137. The molecular formula is C69H56N4O3. The van der Waals surface area contributed by atoms with Crippen LogP contribution in [0.25, 0.3) is 54.7 Å². The highest BCUT2D eigenvalue weighted by atomic mass is 16.5. The van der Waals surface area contributed by atoms with Crippen molar-refractivity contribution in [1.82, 2.24) is 9.13 Å². The van der Waals surface area contributed by atoms with Gasteiger partial charge in [-0.1, -0.05) is 84.9 Å². The number of anilines is 6. The second kappa shape index (κ2) is 17.5. The third-order valence-corrected chi connectivity index (χ3v) is 16.2. The van der Waals surface area contributed by atoms with Crippen LogP contribution in [0.5, 0.6) is 23.0 Å². The maximum absolute atomic E-state index is 6.91. The van der Waals surface area contributed by atoms with Gasteiger partial charge < -0.3 is 33.1 Å². The smallest absolute Gasteiger partial charge is 0.132 e. The molecule has 2 aliphatic rings. The van der Waals surface area contributed by atoms with E-state index in [1.54, 1.807) is 14.2 Å². The number of methoxy groups -OCH3 is 2. The second-order valence-corrected chi connectivity index (χ2v) is 20.3. The number of nitrogens with zero attached hydrogens (tertiary/aromatic N) is 4. The van der Waals surface area contributed by atoms with Crippen molar-refractivity contribution >= 4 is 77.7 Å². The molecule has 0 atom stereocenters. The van der Waals surface area contributed by atoms with Crippen LogP contribution in [0.4, 0.5) is 34.1 Å². The van der Waals surface area contributed by atoms with Crippen LogP contribution in [0.1, 0.15) is 47.2 Å². The molecule has 370 valence electrons. The molecule has 0 N–H and O–H groups in total. The molecule has 10 aromatic carbocycles. The fourth-order valence-electron chi connectivity index (χ4n) is 12.9. The van der Waals surface area contributed by atoms with Crippen molar-refractivity contribution in [3.63, 3.8) is 0 Å². The zero-order valence-corrected chi connectivity index (χ0v) is 43.6. The number of hydrogen-bond donors (Lipinski definition) is 0. The Labute approximate surface area is 443 Å². The van der Waals surface area contributed by atoms with Gasteiger partial charge >= 0.3 is 0 Å². The maximum atomic E-state index is 6.91. The fourth-order valence-corrected chi connectivity index (χ4v) is 12.9. The van der Waals surface area contributed by atoms with Crippen LogP contribution < -0.4 is 24.0 Å². The van der Waals surface area contributed by atoms with E-state index < -0.39 is 5.41 Å². The van der Waals surface area contributed by atoms with Crippen LogP contribution in [0, 0.1) is 13.8 Å². The Morgan fingerprint density at radius 3 is 1.14 bits per heavy atom. The van der Waals surface area contributed by atoms with Gasteiger partial charge in [0, 0.05) is 90.9 Å². The largest absolute Gasteiger partial charge is 0.497 e. The summed E-state index contributed by atoms with van der Waals surface area (Å²) in [5.74, 6) is 3.30. The number of aromatic nitrogens is 2. The van der Waals surface area contributed by atoms with E-state index in [1.807, 2.05) is 0 Å². The van der Waals surface area contributed by atoms with Gasteiger partial charge in [0.2, 0.25) is 0 Å². The topological polar surface area (TPSA) is 44.0 Å². The van der Waals surface area contributed by atoms with Crippen molar-refractivity contribution in [1.29, 1.82) is 0 Å². The number of benzene rings is 10. The summed E-state index contributed by atoms with van der Waals surface area (Å²) < 4.78 is 23.3. The van der Waals surface area contributed by atoms with Gasteiger partial charge in [-0.05, 0) is 182 Å². The maximum Gasteiger partial charge on any atom is 0.132 e. The number of rotatable bonds is 10. The Bertz CT molecular complexity index is 4020. The summed E-state index contributed by atoms with van der Waals surface area (Å²) in [5, 5.41) is 5.03. The average molecular weight is 989 g/mol. The van der Waals surface area contributed by atoms with Crippen molar-refractivity contribution in [3.8, 4) is 34.1 Å². The predicted molar refractivity (Wildman–Crippen MR) is 313 cm³/mol. The molecule has 3 heterocycles. The molecule has 0 bridgehead atoms. The standard InChI is InChI=1S/C69H56N4O3/c1-7-70-63-37-43(3)17-31-55(63)57-35-25-49(41-65(57)70)72(45-19-27-51(74-5)28-20-45)47-23-33-53-54-34-24-48(40-62(54)69(61(53)39-47)59-13-9-11-15-67(59)76-68-16-12-10-14-60(68)69)73(46-21-29-52(75-6)30-22-46)50-26-36-58-56-32-18-44(4)38-64(56)71(8-2)66(58)42-50/h9-42H,7-8H2,1-6H3. The molecule has 7 nitrogen and oxygen atoms in total. The van der Waals surface area contributed by atoms with E-state index in [2.05, 4.69) is 253 Å². The van der Waals surface area contributed by atoms with Crippen molar-refractivity contribution in [2.24, 2.45) is 0 Å². The number of ether oxygens (including phenoxy) is 3. The minimum Gasteiger partial charge on any atom is -0.497 e. The predicted octanol–water partition coefficient (Wildman–Crippen LogP) is 18.0. The van der Waals surface area contributed by atoms with Gasteiger partial charge in [0.15, 0.2) is 0 Å². The van der Waals surface area contributed by atoms with Crippen molar-refractivity contribution in [3.05, 3.63) is 240 Å². The van der Waals surface area contributed by atoms with Gasteiger partial charge in [0.05, 0.1) is 30.7 Å². The third kappa shape index (κ3) is 6.67. The van der Waals surface area contributed by atoms with Gasteiger partial charge in [-0.15, -0.1) is 0 Å². The lowest BCUT2D eigenvalue weighted by Crippen LogP contribution is -2.32. The van der Waals surface area contributed by atoms with E-state index in [4.69, 9.17) is 14.2 Å². The summed E-state index contributed by atoms with van der Waals surface area (Å²) in [7, 11) is 3.44. The molecule has 2 aromatic heterocycles. The molecule has 14 rings (SSSR count). The first kappa shape index (κ1) is 45.4. The highest BCUT2D eigenvalue weighted by Crippen LogP contribution is 2.63. The average Bonchev–Trinajstić information content (AvgIpc) is 4.26. The minimum absolute atomic E-state index is 0.772. The first-order chi connectivity index (χ1) is 37.3. The Hall–Kier alpha value is -9.20. The lowest BCUT2D eigenvalue weighted by Gasteiger charge is -2.40. The van der Waals surface area contributed by atoms with E-state index in [0.717, 1.165) is 81.3 Å². The molecule has 1 aliphatic carbocycles. The SMILES string of the molecule is CCn1c2cc(C)ccc2c2ccc(N(c3ccc(OC)cc3)c3ccc4c(c3)C3(c5ccccc5Oc5ccccc53)c3cc(N(c5ccc(OC)cc5)c5ccc6c7ccc(C)cc7n(CC)c6c5)ccc3-4)cc21. The van der Waals surface area contributed by atoms with Crippen molar-refractivity contribution in [2.45, 2.75) is 46.2 Å². The zero-order valence-electron chi connectivity index (χ0n) is 43.6. The van der Waals surface area contributed by atoms with E-state index in [0.29, 0.717) is 0 Å². The first-order valence-electron chi connectivity index (χ1n) is 26.4. The third-order valence-electron chi connectivity index (χ3n) is 16.2. The lowest BCUT2D eigenvalue weighted by molar-refractivity contribution is 0.414. The van der Waals surface area contributed by atoms with Crippen LogP contribution in [-0.4, -0.2) is 23.4 Å². The molecule has 7 heteroatoms. The molecule has 0 radical (unpaired) electrons. The molecule has 1 aliphatic heterocycles. The van der Waals surface area contributed by atoms with Crippen LogP contribution in [-0.2, 0) is 18.5 Å². The Kier molecular flexibility index (Phi) is 10.4. The Morgan fingerprint density at radius 2 is 0.737 bits per heavy atom. The Balaban J connectivity index is 1.01. The summed E-state index contributed by atoms with van der Waals surface area (Å²) in [6.07, 6.45) is 0. The molecule has 76 heavy (non-hydrogen) atoms. The van der Waals surface area contributed by atoms with Gasteiger partial charge in [0.25, 0.3) is 0 Å². The van der Waals surface area contributed by atoms with Crippen LogP contribution in [0.15, 0.2) is 206 Å². The van der Waals surface area contributed by atoms with Crippen molar-refractivity contribution < 1.29 is 14.2 Å². The molecule has 0 unspecified atom stereocenters. The van der Waals surface area contributed by atoms with Gasteiger partial charge in [-0.25, -0.2) is 0 Å². The molecular weight excluding hydrogens is 933 g/mol. The monoisotopic (exact) mass is 988 g/mol. The molecule has 0 amide bonds. The molecule has 0 saturated heterocycles.